The molecule has 0 aliphatic heterocycles. The van der Waals surface area contributed by atoms with Gasteiger partial charge in [-0.15, -0.1) is 0 Å². The molecule has 0 fully saturated rings. The van der Waals surface area contributed by atoms with E-state index >= 15 is 0 Å². The number of nitrogens with zero attached hydrogens (tertiary/aromatic N) is 3. The van der Waals surface area contributed by atoms with Crippen LogP contribution in [0.3, 0.4) is 0 Å². The summed E-state index contributed by atoms with van der Waals surface area (Å²) in [5.41, 5.74) is 6.34. The van der Waals surface area contributed by atoms with Gasteiger partial charge in [0.1, 0.15) is 18.4 Å². The van der Waals surface area contributed by atoms with E-state index in [0.29, 0.717) is 11.3 Å². The summed E-state index contributed by atoms with van der Waals surface area (Å²) in [6.45, 7) is -0.0567. The lowest BCUT2D eigenvalue weighted by atomic mass is 10.0. The largest absolute Gasteiger partial charge is 0.488 e. The number of nitrogens with one attached hydrogen (secondary N) is 1. The maximum Gasteiger partial charge on any atom is 0.419 e. The van der Waals surface area contributed by atoms with Crippen LogP contribution in [0.4, 0.5) is 24.5 Å². The highest BCUT2D eigenvalue weighted by Crippen LogP contribution is 2.39. The third-order valence-electron chi connectivity index (χ3n) is 4.13. The molecule has 0 radical (unpaired) electrons. The number of nitrogen functional groups attached to an aromatic ring is 1. The van der Waals surface area contributed by atoms with E-state index < -0.39 is 11.7 Å². The van der Waals surface area contributed by atoms with Gasteiger partial charge in [0.15, 0.2) is 5.69 Å². The maximum absolute atomic E-state index is 13.6. The maximum atomic E-state index is 13.6. The fourth-order valence-corrected chi connectivity index (χ4v) is 2.68. The highest BCUT2D eigenvalue weighted by molar-refractivity contribution is 5.77. The average molecular weight is 399 g/mol. The lowest BCUT2D eigenvalue weighted by Crippen LogP contribution is -2.09. The molecule has 0 unspecified atom stereocenters. The van der Waals surface area contributed by atoms with Gasteiger partial charge in [0, 0.05) is 30.6 Å². The molecular formula is C20H16F3N5O. The first-order valence-electron chi connectivity index (χ1n) is 8.45. The van der Waals surface area contributed by atoms with Gasteiger partial charge in [-0.2, -0.15) is 18.4 Å². The van der Waals surface area contributed by atoms with E-state index in [-0.39, 0.29) is 35.0 Å². The molecule has 0 spiro atoms. The summed E-state index contributed by atoms with van der Waals surface area (Å²) in [4.78, 5) is 7.98. The van der Waals surface area contributed by atoms with E-state index in [4.69, 9.17) is 10.5 Å². The molecule has 2 heterocycles. The highest BCUT2D eigenvalue weighted by atomic mass is 19.4. The summed E-state index contributed by atoms with van der Waals surface area (Å²) in [6, 6.07) is 10.3. The lowest BCUT2D eigenvalue weighted by Gasteiger charge is -2.16. The van der Waals surface area contributed by atoms with Gasteiger partial charge in [0.25, 0.3) is 0 Å². The lowest BCUT2D eigenvalue weighted by molar-refractivity contribution is -0.139. The number of aromatic nitrogens is 2. The Morgan fingerprint density at radius 3 is 2.66 bits per heavy atom. The van der Waals surface area contributed by atoms with E-state index in [2.05, 4.69) is 15.3 Å². The number of halogens is 3. The summed E-state index contributed by atoms with van der Waals surface area (Å²) in [5, 5.41) is 12.0. The number of pyridine rings is 2. The van der Waals surface area contributed by atoms with Gasteiger partial charge in [0.05, 0.1) is 22.6 Å². The molecule has 0 atom stereocenters. The van der Waals surface area contributed by atoms with Gasteiger partial charge in [0.2, 0.25) is 0 Å². The number of benzene rings is 1. The molecule has 3 aromatic rings. The van der Waals surface area contributed by atoms with Gasteiger partial charge in [-0.1, -0.05) is 6.07 Å². The zero-order valence-corrected chi connectivity index (χ0v) is 15.3. The summed E-state index contributed by atoms with van der Waals surface area (Å²) in [7, 11) is 1.59. The Morgan fingerprint density at radius 1 is 1.24 bits per heavy atom. The topological polar surface area (TPSA) is 96.8 Å². The fourth-order valence-electron chi connectivity index (χ4n) is 2.68. The van der Waals surface area contributed by atoms with Crippen LogP contribution in [0.5, 0.6) is 5.75 Å². The molecule has 3 N–H and O–H groups in total. The van der Waals surface area contributed by atoms with Crippen molar-refractivity contribution in [3.8, 4) is 23.1 Å². The third kappa shape index (κ3) is 4.38. The Hall–Kier alpha value is -3.80. The predicted octanol–water partition coefficient (Wildman–Crippen LogP) is 4.24. The first kappa shape index (κ1) is 19.9. The molecule has 0 amide bonds. The molecular weight excluding hydrogens is 383 g/mol. The molecule has 0 aliphatic carbocycles. The van der Waals surface area contributed by atoms with Crippen LogP contribution in [0.2, 0.25) is 0 Å². The normalized spacial score (nSPS) is 11.0. The minimum Gasteiger partial charge on any atom is -0.488 e. The summed E-state index contributed by atoms with van der Waals surface area (Å²) >= 11 is 0. The molecule has 2 aromatic heterocycles. The molecule has 29 heavy (non-hydrogen) atoms. The second-order valence-electron chi connectivity index (χ2n) is 6.04. The molecule has 9 heteroatoms. The van der Waals surface area contributed by atoms with Gasteiger partial charge >= 0.3 is 6.18 Å². The first-order valence-corrected chi connectivity index (χ1v) is 8.45. The Labute approximate surface area is 164 Å². The molecule has 0 saturated carbocycles. The SMILES string of the molecule is CNc1cc(-c2ccc(OCc3cccnc3)c(C(F)(F)F)c2)nc(C#N)c1N. The quantitative estimate of drug-likeness (QED) is 0.666. The number of alkyl halides is 3. The predicted molar refractivity (Wildman–Crippen MR) is 102 cm³/mol. The second kappa shape index (κ2) is 8.06. The van der Waals surface area contributed by atoms with Crippen LogP contribution in [0, 0.1) is 11.3 Å². The van der Waals surface area contributed by atoms with E-state index in [0.717, 1.165) is 6.07 Å². The van der Waals surface area contributed by atoms with Crippen molar-refractivity contribution in [3.63, 3.8) is 0 Å². The van der Waals surface area contributed by atoms with Crippen molar-refractivity contribution in [2.24, 2.45) is 0 Å². The third-order valence-corrected chi connectivity index (χ3v) is 4.13. The number of nitrogens with two attached hydrogens (primary N) is 1. The van der Waals surface area contributed by atoms with Crippen LogP contribution in [0.25, 0.3) is 11.3 Å². The average Bonchev–Trinajstić information content (AvgIpc) is 2.72. The Morgan fingerprint density at radius 2 is 2.03 bits per heavy atom. The van der Waals surface area contributed by atoms with Crippen LogP contribution in [0.1, 0.15) is 16.8 Å². The van der Waals surface area contributed by atoms with Crippen LogP contribution in [0.15, 0.2) is 48.8 Å². The van der Waals surface area contributed by atoms with Gasteiger partial charge in [-0.25, -0.2) is 4.98 Å². The smallest absolute Gasteiger partial charge is 0.419 e. The molecule has 1 aromatic carbocycles. The number of hydrogen-bond donors (Lipinski definition) is 2. The number of anilines is 2. The number of ether oxygens (including phenoxy) is 1. The zero-order chi connectivity index (χ0) is 21.0. The Balaban J connectivity index is 2.01. The number of nitriles is 1. The molecule has 0 saturated heterocycles. The van der Waals surface area contributed by atoms with Crippen molar-refractivity contribution in [1.29, 1.82) is 5.26 Å². The van der Waals surface area contributed by atoms with Crippen LogP contribution in [-0.4, -0.2) is 17.0 Å². The molecule has 6 nitrogen and oxygen atoms in total. The first-order chi connectivity index (χ1) is 13.8. The summed E-state index contributed by atoms with van der Waals surface area (Å²) in [6.07, 6.45) is -1.56. The second-order valence-corrected chi connectivity index (χ2v) is 6.04. The molecule has 148 valence electrons. The van der Waals surface area contributed by atoms with E-state index in [1.807, 2.05) is 6.07 Å². The van der Waals surface area contributed by atoms with E-state index in [9.17, 15) is 18.4 Å². The van der Waals surface area contributed by atoms with Crippen LogP contribution >= 0.6 is 0 Å². The zero-order valence-electron chi connectivity index (χ0n) is 15.3. The molecule has 3 rings (SSSR count). The van der Waals surface area contributed by atoms with E-state index in [1.54, 1.807) is 25.4 Å². The van der Waals surface area contributed by atoms with Gasteiger partial charge in [-0.3, -0.25) is 4.98 Å². The summed E-state index contributed by atoms with van der Waals surface area (Å²) < 4.78 is 46.3. The molecule has 0 aliphatic rings. The highest BCUT2D eigenvalue weighted by Gasteiger charge is 2.35. The van der Waals surface area contributed by atoms with Gasteiger partial charge < -0.3 is 15.8 Å². The van der Waals surface area contributed by atoms with Crippen LogP contribution < -0.4 is 15.8 Å². The fraction of sp³-hybridized carbons (Fsp3) is 0.150. The molecule has 0 bridgehead atoms. The monoisotopic (exact) mass is 399 g/mol. The Bertz CT molecular complexity index is 1060. The van der Waals surface area contributed by atoms with Crippen molar-refractivity contribution in [3.05, 3.63) is 65.6 Å². The van der Waals surface area contributed by atoms with E-state index in [1.165, 1.54) is 24.4 Å². The number of hydrogen-bond acceptors (Lipinski definition) is 6. The van der Waals surface area contributed by atoms with Crippen molar-refractivity contribution in [2.45, 2.75) is 12.8 Å². The van der Waals surface area contributed by atoms with Crippen molar-refractivity contribution >= 4 is 11.4 Å². The summed E-state index contributed by atoms with van der Waals surface area (Å²) in [5.74, 6) is -0.310. The van der Waals surface area contributed by atoms with Crippen molar-refractivity contribution in [2.75, 3.05) is 18.1 Å². The van der Waals surface area contributed by atoms with Crippen molar-refractivity contribution < 1.29 is 17.9 Å². The minimum absolute atomic E-state index is 0.0567. The van der Waals surface area contributed by atoms with Crippen LogP contribution in [-0.2, 0) is 12.8 Å². The van der Waals surface area contributed by atoms with Crippen molar-refractivity contribution in [1.82, 2.24) is 9.97 Å². The van der Waals surface area contributed by atoms with Gasteiger partial charge in [-0.05, 0) is 30.3 Å². The minimum atomic E-state index is -4.64. The standard InChI is InChI=1S/C20H16F3N5O/c1-26-16-8-15(28-17(9-24)19(16)25)13-4-5-18(14(7-13)20(21,22)23)29-11-12-3-2-6-27-10-12/h2-8,10H,11,25H2,1H3,(H,26,28). The number of rotatable bonds is 5. The Kier molecular flexibility index (Phi) is 5.54.